The van der Waals surface area contributed by atoms with Crippen molar-refractivity contribution in [3.63, 3.8) is 0 Å². The van der Waals surface area contributed by atoms with Gasteiger partial charge < -0.3 is 4.74 Å². The van der Waals surface area contributed by atoms with Crippen LogP contribution in [0.15, 0.2) is 48.5 Å². The minimum atomic E-state index is -0.648. The molecule has 0 N–H and O–H groups in total. The molecule has 0 radical (unpaired) electrons. The molecule has 8 heteroatoms. The quantitative estimate of drug-likeness (QED) is 0.375. The fraction of sp³-hybridized carbons (Fsp3) is 0.105. The van der Waals surface area contributed by atoms with Gasteiger partial charge in [-0.3, -0.25) is 10.1 Å². The van der Waals surface area contributed by atoms with Crippen LogP contribution in [0.4, 0.5) is 5.69 Å². The summed E-state index contributed by atoms with van der Waals surface area (Å²) in [4.78, 5) is 31.8. The number of ether oxygens (including phenoxy) is 1. The van der Waals surface area contributed by atoms with Crippen molar-refractivity contribution in [2.75, 3.05) is 7.11 Å². The summed E-state index contributed by atoms with van der Waals surface area (Å²) in [5.74, 6) is -0.275. The molecule has 0 fully saturated rings. The first kappa shape index (κ1) is 18.5. The second-order valence-corrected chi connectivity index (χ2v) is 6.04. The van der Waals surface area contributed by atoms with Gasteiger partial charge in [0.2, 0.25) is 0 Å². The zero-order chi connectivity index (χ0) is 19.6. The van der Waals surface area contributed by atoms with Crippen LogP contribution < -0.4 is 0 Å². The summed E-state index contributed by atoms with van der Waals surface area (Å²) in [6.07, 6.45) is 0. The molecule has 3 aromatic rings. The van der Waals surface area contributed by atoms with E-state index < -0.39 is 10.9 Å². The van der Waals surface area contributed by atoms with E-state index in [2.05, 4.69) is 9.97 Å². The molecule has 0 saturated heterocycles. The smallest absolute Gasteiger partial charge is 0.341 e. The Morgan fingerprint density at radius 2 is 1.85 bits per heavy atom. The lowest BCUT2D eigenvalue weighted by Crippen LogP contribution is -2.11. The van der Waals surface area contributed by atoms with Gasteiger partial charge in [0.25, 0.3) is 5.69 Å². The molecule has 7 nitrogen and oxygen atoms in total. The van der Waals surface area contributed by atoms with Gasteiger partial charge in [0.15, 0.2) is 5.82 Å². The van der Waals surface area contributed by atoms with E-state index in [0.29, 0.717) is 11.5 Å². The molecule has 0 aliphatic rings. The van der Waals surface area contributed by atoms with Crippen molar-refractivity contribution < 1.29 is 14.5 Å². The van der Waals surface area contributed by atoms with E-state index in [4.69, 9.17) is 16.3 Å². The van der Waals surface area contributed by atoms with E-state index >= 15 is 0 Å². The predicted molar refractivity (Wildman–Crippen MR) is 101 cm³/mol. The molecule has 3 rings (SSSR count). The Bertz CT molecular complexity index is 1040. The van der Waals surface area contributed by atoms with Gasteiger partial charge in [0, 0.05) is 23.3 Å². The normalized spacial score (nSPS) is 10.5. The van der Waals surface area contributed by atoms with Crippen LogP contribution in [0.5, 0.6) is 0 Å². The number of carbonyl (C=O) groups excluding carboxylic acids is 1. The molecule has 136 valence electrons. The van der Waals surface area contributed by atoms with Gasteiger partial charge >= 0.3 is 5.97 Å². The second-order valence-electron chi connectivity index (χ2n) is 5.64. The molecule has 1 heterocycles. The van der Waals surface area contributed by atoms with Crippen LogP contribution in [0.25, 0.3) is 22.6 Å². The lowest BCUT2D eigenvalue weighted by molar-refractivity contribution is -0.384. The number of hydrogen-bond donors (Lipinski definition) is 0. The Hall–Kier alpha value is -3.32. The van der Waals surface area contributed by atoms with Crippen molar-refractivity contribution in [2.45, 2.75) is 6.92 Å². The molecular formula is C19H14ClN3O4. The van der Waals surface area contributed by atoms with E-state index in [1.807, 2.05) is 30.3 Å². The number of nitro benzene ring substituents is 1. The molecule has 0 aliphatic carbocycles. The van der Waals surface area contributed by atoms with E-state index in [-0.39, 0.29) is 27.5 Å². The van der Waals surface area contributed by atoms with Gasteiger partial charge in [-0.25, -0.2) is 14.8 Å². The Kier molecular flexibility index (Phi) is 5.14. The van der Waals surface area contributed by atoms with Crippen molar-refractivity contribution >= 4 is 23.3 Å². The van der Waals surface area contributed by atoms with Crippen LogP contribution in [0.3, 0.4) is 0 Å². The molecule has 0 bridgehead atoms. The van der Waals surface area contributed by atoms with E-state index in [9.17, 15) is 14.9 Å². The number of benzene rings is 2. The van der Waals surface area contributed by atoms with Crippen LogP contribution in [-0.2, 0) is 4.74 Å². The maximum Gasteiger partial charge on any atom is 0.341 e. The summed E-state index contributed by atoms with van der Waals surface area (Å²) < 4.78 is 4.85. The van der Waals surface area contributed by atoms with Gasteiger partial charge in [-0.05, 0) is 13.0 Å². The molecule has 0 amide bonds. The van der Waals surface area contributed by atoms with Crippen molar-refractivity contribution in [1.29, 1.82) is 0 Å². The molecule has 1 aromatic heterocycles. The fourth-order valence-corrected chi connectivity index (χ4v) is 2.85. The zero-order valence-corrected chi connectivity index (χ0v) is 15.2. The van der Waals surface area contributed by atoms with E-state index in [0.717, 1.165) is 5.56 Å². The Balaban J connectivity index is 2.33. The highest BCUT2D eigenvalue weighted by molar-refractivity contribution is 6.33. The van der Waals surface area contributed by atoms with Gasteiger partial charge in [-0.15, -0.1) is 0 Å². The monoisotopic (exact) mass is 383 g/mol. The van der Waals surface area contributed by atoms with E-state index in [1.165, 1.54) is 25.3 Å². The number of rotatable bonds is 4. The highest BCUT2D eigenvalue weighted by Crippen LogP contribution is 2.34. The third-order valence-electron chi connectivity index (χ3n) is 3.93. The van der Waals surface area contributed by atoms with Crippen LogP contribution in [-0.4, -0.2) is 28.0 Å². The standard InChI is InChI=1S/C19H14ClN3O4/c1-11-16(19(24)27-2)17(14-10-13(23(25)26)8-9-15(14)20)22-18(21-11)12-6-4-3-5-7-12/h3-10H,1-2H3. The third-order valence-corrected chi connectivity index (χ3v) is 4.26. The first-order valence-electron chi connectivity index (χ1n) is 7.89. The highest BCUT2D eigenvalue weighted by atomic mass is 35.5. The fourth-order valence-electron chi connectivity index (χ4n) is 2.64. The number of esters is 1. The first-order valence-corrected chi connectivity index (χ1v) is 8.27. The lowest BCUT2D eigenvalue weighted by atomic mass is 10.0. The number of nitrogens with zero attached hydrogens (tertiary/aromatic N) is 3. The summed E-state index contributed by atoms with van der Waals surface area (Å²) in [5, 5.41) is 11.4. The minimum absolute atomic E-state index is 0.111. The molecule has 27 heavy (non-hydrogen) atoms. The third kappa shape index (κ3) is 3.63. The van der Waals surface area contributed by atoms with Crippen molar-refractivity contribution in [3.8, 4) is 22.6 Å². The van der Waals surface area contributed by atoms with Crippen molar-refractivity contribution in [3.05, 3.63) is 74.9 Å². The van der Waals surface area contributed by atoms with Gasteiger partial charge in [-0.2, -0.15) is 0 Å². The number of methoxy groups -OCH3 is 1. The summed E-state index contributed by atoms with van der Waals surface area (Å²) in [5.41, 5.74) is 1.51. The van der Waals surface area contributed by atoms with Crippen molar-refractivity contribution in [2.24, 2.45) is 0 Å². The number of aromatic nitrogens is 2. The van der Waals surface area contributed by atoms with Gasteiger partial charge in [-0.1, -0.05) is 41.9 Å². The zero-order valence-electron chi connectivity index (χ0n) is 14.5. The van der Waals surface area contributed by atoms with E-state index in [1.54, 1.807) is 6.92 Å². The number of nitro groups is 1. The molecule has 0 atom stereocenters. The summed E-state index contributed by atoms with van der Waals surface area (Å²) in [6.45, 7) is 1.65. The Labute approximate surface area is 159 Å². The van der Waals surface area contributed by atoms with Gasteiger partial charge in [0.1, 0.15) is 5.56 Å². The molecule has 0 aliphatic heterocycles. The maximum atomic E-state index is 12.3. The molecular weight excluding hydrogens is 370 g/mol. The second kappa shape index (κ2) is 7.51. The topological polar surface area (TPSA) is 95.2 Å². The number of non-ortho nitro benzene ring substituents is 1. The lowest BCUT2D eigenvalue weighted by Gasteiger charge is -2.13. The molecule has 2 aromatic carbocycles. The van der Waals surface area contributed by atoms with Crippen LogP contribution in [0.2, 0.25) is 5.02 Å². The summed E-state index contributed by atoms with van der Waals surface area (Å²) in [7, 11) is 1.24. The van der Waals surface area contributed by atoms with Crippen LogP contribution in [0, 0.1) is 17.0 Å². The molecule has 0 unspecified atom stereocenters. The SMILES string of the molecule is COC(=O)c1c(C)nc(-c2ccccc2)nc1-c1cc([N+](=O)[O-])ccc1Cl. The first-order chi connectivity index (χ1) is 12.9. The number of hydrogen-bond acceptors (Lipinski definition) is 6. The Morgan fingerprint density at radius 3 is 2.48 bits per heavy atom. The highest BCUT2D eigenvalue weighted by Gasteiger charge is 2.24. The van der Waals surface area contributed by atoms with Gasteiger partial charge in [0.05, 0.1) is 28.4 Å². The Morgan fingerprint density at radius 1 is 1.15 bits per heavy atom. The summed E-state index contributed by atoms with van der Waals surface area (Å²) in [6, 6.07) is 13.1. The molecule has 0 saturated carbocycles. The predicted octanol–water partition coefficient (Wildman–Crippen LogP) is 4.47. The summed E-state index contributed by atoms with van der Waals surface area (Å²) >= 11 is 6.27. The number of halogens is 1. The average molecular weight is 384 g/mol. The maximum absolute atomic E-state index is 12.3. The average Bonchev–Trinajstić information content (AvgIpc) is 2.67. The number of carbonyl (C=O) groups is 1. The largest absolute Gasteiger partial charge is 0.465 e. The molecule has 0 spiro atoms. The van der Waals surface area contributed by atoms with Crippen LogP contribution >= 0.6 is 11.6 Å². The minimum Gasteiger partial charge on any atom is -0.465 e. The van der Waals surface area contributed by atoms with Crippen molar-refractivity contribution in [1.82, 2.24) is 9.97 Å². The number of aryl methyl sites for hydroxylation is 1. The van der Waals surface area contributed by atoms with Crippen LogP contribution in [0.1, 0.15) is 16.1 Å².